The molecule has 0 amide bonds. The smallest absolute Gasteiger partial charge is 0.309 e. The quantitative estimate of drug-likeness (QED) is 0.887. The van der Waals surface area contributed by atoms with Gasteiger partial charge in [0.1, 0.15) is 5.75 Å². The summed E-state index contributed by atoms with van der Waals surface area (Å²) in [4.78, 5) is 14.7. The molecule has 1 aromatic carbocycles. The Bertz CT molecular complexity index is 600. The van der Waals surface area contributed by atoms with Crippen molar-refractivity contribution in [2.24, 2.45) is 0 Å². The molecule has 1 heterocycles. The van der Waals surface area contributed by atoms with E-state index in [1.54, 1.807) is 30.7 Å². The second kappa shape index (κ2) is 5.90. The number of anilines is 2. The van der Waals surface area contributed by atoms with E-state index in [4.69, 9.17) is 21.4 Å². The molecule has 0 fully saturated rings. The lowest BCUT2D eigenvalue weighted by molar-refractivity contribution is -0.136. The second-order valence-electron chi connectivity index (χ2n) is 3.69. The van der Waals surface area contributed by atoms with E-state index in [-0.39, 0.29) is 6.42 Å². The average Bonchev–Trinajstić information content (AvgIpc) is 2.78. The molecule has 0 aliphatic rings. The molecule has 0 radical (unpaired) electrons. The highest BCUT2D eigenvalue weighted by molar-refractivity contribution is 7.13. The van der Waals surface area contributed by atoms with Gasteiger partial charge in [0.15, 0.2) is 5.13 Å². The first-order valence-corrected chi connectivity index (χ1v) is 6.61. The molecule has 0 unspecified atom stereocenters. The summed E-state index contributed by atoms with van der Waals surface area (Å²) in [7, 11) is 1.57. The van der Waals surface area contributed by atoms with Crippen LogP contribution in [0.4, 0.5) is 10.8 Å². The number of rotatable bonds is 5. The van der Waals surface area contributed by atoms with E-state index in [0.29, 0.717) is 27.3 Å². The van der Waals surface area contributed by atoms with Crippen molar-refractivity contribution < 1.29 is 14.6 Å². The molecule has 19 heavy (non-hydrogen) atoms. The van der Waals surface area contributed by atoms with Crippen LogP contribution in [0, 0.1) is 0 Å². The highest BCUT2D eigenvalue weighted by Crippen LogP contribution is 2.30. The first-order valence-electron chi connectivity index (χ1n) is 5.35. The number of ether oxygens (including phenoxy) is 1. The molecule has 0 bridgehead atoms. The van der Waals surface area contributed by atoms with Gasteiger partial charge in [-0.05, 0) is 12.1 Å². The van der Waals surface area contributed by atoms with Crippen LogP contribution < -0.4 is 10.1 Å². The topological polar surface area (TPSA) is 71.5 Å². The summed E-state index contributed by atoms with van der Waals surface area (Å²) in [6, 6.07) is 5.22. The average molecular weight is 299 g/mol. The number of halogens is 1. The Hall–Kier alpha value is -1.79. The predicted octanol–water partition coefficient (Wildman–Crippen LogP) is 3.18. The van der Waals surface area contributed by atoms with Crippen molar-refractivity contribution in [2.45, 2.75) is 6.42 Å². The Morgan fingerprint density at radius 3 is 3.05 bits per heavy atom. The molecule has 0 saturated heterocycles. The Balaban J connectivity index is 2.16. The van der Waals surface area contributed by atoms with Crippen molar-refractivity contribution in [1.29, 1.82) is 0 Å². The van der Waals surface area contributed by atoms with E-state index < -0.39 is 5.97 Å². The van der Waals surface area contributed by atoms with Gasteiger partial charge >= 0.3 is 5.97 Å². The number of nitrogens with one attached hydrogen (secondary N) is 1. The largest absolute Gasteiger partial charge is 0.497 e. The number of methoxy groups -OCH3 is 1. The fourth-order valence-electron chi connectivity index (χ4n) is 1.44. The fraction of sp³-hybridized carbons (Fsp3) is 0.167. The molecule has 2 N–H and O–H groups in total. The van der Waals surface area contributed by atoms with E-state index >= 15 is 0 Å². The number of thiazole rings is 1. The molecule has 0 aliphatic carbocycles. The minimum Gasteiger partial charge on any atom is -0.497 e. The van der Waals surface area contributed by atoms with Crippen LogP contribution in [-0.4, -0.2) is 23.2 Å². The third-order valence-corrected chi connectivity index (χ3v) is 3.44. The van der Waals surface area contributed by atoms with Crippen molar-refractivity contribution in [3.63, 3.8) is 0 Å². The Morgan fingerprint density at radius 2 is 2.37 bits per heavy atom. The first kappa shape index (κ1) is 13.6. The van der Waals surface area contributed by atoms with Crippen LogP contribution in [0.25, 0.3) is 0 Å². The summed E-state index contributed by atoms with van der Waals surface area (Å²) in [5, 5.41) is 14.6. The lowest BCUT2D eigenvalue weighted by atomic mass is 10.3. The highest BCUT2D eigenvalue weighted by atomic mass is 35.5. The minimum atomic E-state index is -0.906. The molecule has 5 nitrogen and oxygen atoms in total. The number of carboxylic acid groups (broad SMARTS) is 1. The van der Waals surface area contributed by atoms with Gasteiger partial charge in [0, 0.05) is 11.4 Å². The number of carbonyl (C=O) groups is 1. The molecule has 1 aromatic heterocycles. The number of benzene rings is 1. The van der Waals surface area contributed by atoms with Crippen molar-refractivity contribution in [3.8, 4) is 5.75 Å². The monoisotopic (exact) mass is 298 g/mol. The summed E-state index contributed by atoms with van der Waals surface area (Å²) < 4.78 is 5.11. The van der Waals surface area contributed by atoms with Gasteiger partial charge in [0.2, 0.25) is 0 Å². The van der Waals surface area contributed by atoms with Gasteiger partial charge in [-0.15, -0.1) is 11.3 Å². The molecule has 0 aliphatic heterocycles. The predicted molar refractivity (Wildman–Crippen MR) is 74.7 cm³/mol. The zero-order chi connectivity index (χ0) is 13.8. The van der Waals surface area contributed by atoms with Crippen LogP contribution in [0.2, 0.25) is 5.02 Å². The van der Waals surface area contributed by atoms with Gasteiger partial charge in [-0.3, -0.25) is 4.79 Å². The molecular weight excluding hydrogens is 288 g/mol. The Morgan fingerprint density at radius 1 is 1.58 bits per heavy atom. The molecule has 2 rings (SSSR count). The maximum atomic E-state index is 10.6. The fourth-order valence-corrected chi connectivity index (χ4v) is 2.33. The van der Waals surface area contributed by atoms with Gasteiger partial charge in [-0.2, -0.15) is 0 Å². The van der Waals surface area contributed by atoms with Gasteiger partial charge in [0.05, 0.1) is 29.9 Å². The van der Waals surface area contributed by atoms with E-state index in [2.05, 4.69) is 10.3 Å². The van der Waals surface area contributed by atoms with Gasteiger partial charge in [0.25, 0.3) is 0 Å². The molecule has 100 valence electrons. The van der Waals surface area contributed by atoms with Crippen molar-refractivity contribution in [2.75, 3.05) is 12.4 Å². The number of hydrogen-bond donors (Lipinski definition) is 2. The Kier molecular flexibility index (Phi) is 4.24. The molecule has 0 spiro atoms. The summed E-state index contributed by atoms with van der Waals surface area (Å²) >= 11 is 7.38. The van der Waals surface area contributed by atoms with Crippen LogP contribution in [0.5, 0.6) is 5.75 Å². The summed E-state index contributed by atoms with van der Waals surface area (Å²) in [6.07, 6.45) is -0.0932. The molecule has 0 atom stereocenters. The van der Waals surface area contributed by atoms with Crippen LogP contribution in [0.15, 0.2) is 23.6 Å². The number of aliphatic carboxylic acids is 1. The zero-order valence-electron chi connectivity index (χ0n) is 10.0. The standard InChI is InChI=1S/C12H11ClN2O3S/c1-18-8-2-3-9(13)10(5-8)15-12-14-7(6-19-12)4-11(16)17/h2-3,5-6H,4H2,1H3,(H,14,15)(H,16,17). The lowest BCUT2D eigenvalue weighted by Crippen LogP contribution is -2.00. The van der Waals surface area contributed by atoms with E-state index in [0.717, 1.165) is 0 Å². The minimum absolute atomic E-state index is 0.0932. The van der Waals surface area contributed by atoms with Gasteiger partial charge in [-0.1, -0.05) is 11.6 Å². The molecule has 2 aromatic rings. The van der Waals surface area contributed by atoms with Crippen LogP contribution in [-0.2, 0) is 11.2 Å². The second-order valence-corrected chi connectivity index (χ2v) is 4.95. The molecule has 7 heteroatoms. The van der Waals surface area contributed by atoms with Crippen molar-refractivity contribution in [3.05, 3.63) is 34.3 Å². The van der Waals surface area contributed by atoms with Crippen LogP contribution >= 0.6 is 22.9 Å². The van der Waals surface area contributed by atoms with Crippen LogP contribution in [0.3, 0.4) is 0 Å². The van der Waals surface area contributed by atoms with E-state index in [1.807, 2.05) is 0 Å². The van der Waals surface area contributed by atoms with Crippen molar-refractivity contribution >= 4 is 39.7 Å². The molecular formula is C12H11ClN2O3S. The number of nitrogens with zero attached hydrogens (tertiary/aromatic N) is 1. The van der Waals surface area contributed by atoms with Gasteiger partial charge < -0.3 is 15.2 Å². The van der Waals surface area contributed by atoms with E-state index in [1.165, 1.54) is 11.3 Å². The van der Waals surface area contributed by atoms with Crippen molar-refractivity contribution in [1.82, 2.24) is 4.98 Å². The number of aromatic nitrogens is 1. The van der Waals surface area contributed by atoms with E-state index in [9.17, 15) is 4.79 Å². The number of carboxylic acids is 1. The molecule has 0 saturated carbocycles. The highest BCUT2D eigenvalue weighted by Gasteiger charge is 2.08. The first-order chi connectivity index (χ1) is 9.08. The maximum absolute atomic E-state index is 10.6. The third kappa shape index (κ3) is 3.59. The summed E-state index contributed by atoms with van der Waals surface area (Å²) in [5.74, 6) is -0.231. The zero-order valence-corrected chi connectivity index (χ0v) is 11.6. The summed E-state index contributed by atoms with van der Waals surface area (Å²) in [5.41, 5.74) is 1.18. The normalized spacial score (nSPS) is 10.2. The summed E-state index contributed by atoms with van der Waals surface area (Å²) in [6.45, 7) is 0. The maximum Gasteiger partial charge on any atom is 0.309 e. The SMILES string of the molecule is COc1ccc(Cl)c(Nc2nc(CC(=O)O)cs2)c1. The number of hydrogen-bond acceptors (Lipinski definition) is 5. The van der Waals surface area contributed by atoms with Gasteiger partial charge in [-0.25, -0.2) is 4.98 Å². The third-order valence-electron chi connectivity index (χ3n) is 2.30. The lowest BCUT2D eigenvalue weighted by Gasteiger charge is -2.07. The Labute approximate surface area is 118 Å². The van der Waals surface area contributed by atoms with Crippen LogP contribution in [0.1, 0.15) is 5.69 Å².